The summed E-state index contributed by atoms with van der Waals surface area (Å²) in [6.45, 7) is 2.39. The molecule has 1 unspecified atom stereocenters. The minimum absolute atomic E-state index is 0.0375. The van der Waals surface area contributed by atoms with E-state index in [0.29, 0.717) is 25.8 Å². The summed E-state index contributed by atoms with van der Waals surface area (Å²) in [4.78, 5) is 32.8. The molecule has 4 rings (SSSR count). The number of nitrogens with zero attached hydrogens (tertiary/aromatic N) is 2. The van der Waals surface area contributed by atoms with Crippen molar-refractivity contribution in [2.24, 2.45) is 0 Å². The fourth-order valence-corrected chi connectivity index (χ4v) is 4.18. The van der Waals surface area contributed by atoms with E-state index in [9.17, 15) is 9.59 Å². The SMILES string of the molecule is CN(C)c1ccc(NC(=O)C2(C)CCC(=O)N2CCc2c[nH]c3ccccc23)cc1. The number of hydrogen-bond donors (Lipinski definition) is 2. The maximum atomic E-state index is 13.2. The highest BCUT2D eigenvalue weighted by Crippen LogP contribution is 2.32. The quantitative estimate of drug-likeness (QED) is 0.657. The van der Waals surface area contributed by atoms with Crippen molar-refractivity contribution >= 4 is 34.1 Å². The third-order valence-corrected chi connectivity index (χ3v) is 6.13. The Labute approximate surface area is 176 Å². The molecule has 1 atom stereocenters. The summed E-state index contributed by atoms with van der Waals surface area (Å²) in [6.07, 6.45) is 3.63. The summed E-state index contributed by atoms with van der Waals surface area (Å²) < 4.78 is 0. The van der Waals surface area contributed by atoms with Gasteiger partial charge in [-0.1, -0.05) is 18.2 Å². The molecule has 2 aromatic carbocycles. The predicted octanol–water partition coefficient (Wildman–Crippen LogP) is 3.80. The standard InChI is InChI=1S/C24H28N4O2/c1-24(23(30)26-18-8-10-19(11-9-18)27(2)3)14-12-22(29)28(24)15-13-17-16-25-21-7-5-4-6-20(17)21/h4-11,16,25H,12-15H2,1-3H3,(H,26,30). The second kappa shape index (κ2) is 7.86. The smallest absolute Gasteiger partial charge is 0.250 e. The Morgan fingerprint density at radius 3 is 2.63 bits per heavy atom. The van der Waals surface area contributed by atoms with Crippen LogP contribution >= 0.6 is 0 Å². The van der Waals surface area contributed by atoms with Gasteiger partial charge in [-0.25, -0.2) is 0 Å². The highest BCUT2D eigenvalue weighted by molar-refractivity contribution is 6.02. The second-order valence-corrected chi connectivity index (χ2v) is 8.32. The number of nitrogens with one attached hydrogen (secondary N) is 2. The molecule has 1 aliphatic rings. The number of fused-ring (bicyclic) bond motifs is 1. The molecule has 156 valence electrons. The maximum Gasteiger partial charge on any atom is 0.250 e. The Balaban J connectivity index is 1.48. The Bertz CT molecular complexity index is 1070. The van der Waals surface area contributed by atoms with E-state index in [-0.39, 0.29) is 11.8 Å². The molecule has 1 aliphatic heterocycles. The van der Waals surface area contributed by atoms with Gasteiger partial charge in [-0.2, -0.15) is 0 Å². The zero-order valence-electron chi connectivity index (χ0n) is 17.7. The number of carbonyl (C=O) groups excluding carboxylic acids is 2. The molecule has 1 fully saturated rings. The number of para-hydroxylation sites is 1. The van der Waals surface area contributed by atoms with Gasteiger partial charge in [0.05, 0.1) is 0 Å². The van der Waals surface area contributed by atoms with Gasteiger partial charge in [-0.15, -0.1) is 0 Å². The van der Waals surface area contributed by atoms with Gasteiger partial charge < -0.3 is 20.1 Å². The molecule has 6 heteroatoms. The normalized spacial score (nSPS) is 18.8. The Morgan fingerprint density at radius 1 is 1.17 bits per heavy atom. The predicted molar refractivity (Wildman–Crippen MR) is 121 cm³/mol. The van der Waals surface area contributed by atoms with E-state index >= 15 is 0 Å². The first kappa shape index (κ1) is 20.0. The fourth-order valence-electron chi connectivity index (χ4n) is 4.18. The Kier molecular flexibility index (Phi) is 5.24. The Hall–Kier alpha value is -3.28. The zero-order chi connectivity index (χ0) is 21.3. The molecule has 0 spiro atoms. The summed E-state index contributed by atoms with van der Waals surface area (Å²) >= 11 is 0. The molecule has 1 aromatic heterocycles. The van der Waals surface area contributed by atoms with Crippen molar-refractivity contribution in [3.8, 4) is 0 Å². The zero-order valence-corrected chi connectivity index (χ0v) is 17.7. The summed E-state index contributed by atoms with van der Waals surface area (Å²) in [6, 6.07) is 15.8. The number of carbonyl (C=O) groups is 2. The van der Waals surface area contributed by atoms with Crippen molar-refractivity contribution in [1.29, 1.82) is 0 Å². The van der Waals surface area contributed by atoms with Crippen LogP contribution in [0.3, 0.4) is 0 Å². The van der Waals surface area contributed by atoms with Crippen LogP contribution in [0.1, 0.15) is 25.3 Å². The molecular weight excluding hydrogens is 376 g/mol. The van der Waals surface area contributed by atoms with Gasteiger partial charge in [0.25, 0.3) is 0 Å². The fraction of sp³-hybridized carbons (Fsp3) is 0.333. The number of anilines is 2. The molecule has 6 nitrogen and oxygen atoms in total. The second-order valence-electron chi connectivity index (χ2n) is 8.32. The van der Waals surface area contributed by atoms with E-state index < -0.39 is 5.54 Å². The Morgan fingerprint density at radius 2 is 1.90 bits per heavy atom. The van der Waals surface area contributed by atoms with E-state index in [0.717, 1.165) is 27.8 Å². The molecule has 30 heavy (non-hydrogen) atoms. The number of hydrogen-bond acceptors (Lipinski definition) is 3. The van der Waals surface area contributed by atoms with Crippen LogP contribution in [-0.4, -0.2) is 47.9 Å². The minimum Gasteiger partial charge on any atom is -0.378 e. The third kappa shape index (κ3) is 3.65. The van der Waals surface area contributed by atoms with Crippen molar-refractivity contribution in [2.45, 2.75) is 31.7 Å². The molecule has 0 bridgehead atoms. The lowest BCUT2D eigenvalue weighted by Crippen LogP contribution is -2.52. The number of benzene rings is 2. The summed E-state index contributed by atoms with van der Waals surface area (Å²) in [5.74, 6) is -0.0969. The van der Waals surface area contributed by atoms with Crippen LogP contribution in [0.4, 0.5) is 11.4 Å². The highest BCUT2D eigenvalue weighted by atomic mass is 16.2. The van der Waals surface area contributed by atoms with Crippen LogP contribution in [0.5, 0.6) is 0 Å². The first-order valence-corrected chi connectivity index (χ1v) is 10.3. The monoisotopic (exact) mass is 404 g/mol. The third-order valence-electron chi connectivity index (χ3n) is 6.13. The molecule has 2 N–H and O–H groups in total. The van der Waals surface area contributed by atoms with E-state index in [1.54, 1.807) is 4.90 Å². The minimum atomic E-state index is -0.844. The molecule has 2 amide bonds. The van der Waals surface area contributed by atoms with E-state index in [4.69, 9.17) is 0 Å². The number of amides is 2. The van der Waals surface area contributed by atoms with Gasteiger partial charge in [0.15, 0.2) is 0 Å². The lowest BCUT2D eigenvalue weighted by Gasteiger charge is -2.34. The number of rotatable bonds is 6. The number of H-pyrrole nitrogens is 1. The van der Waals surface area contributed by atoms with Gasteiger partial charge in [-0.3, -0.25) is 9.59 Å². The van der Waals surface area contributed by atoms with Crippen molar-refractivity contribution in [1.82, 2.24) is 9.88 Å². The highest BCUT2D eigenvalue weighted by Gasteiger charge is 2.47. The number of aromatic amines is 1. The largest absolute Gasteiger partial charge is 0.378 e. The van der Waals surface area contributed by atoms with Crippen LogP contribution in [0.25, 0.3) is 10.9 Å². The number of likely N-dealkylation sites (tertiary alicyclic amines) is 1. The number of aromatic nitrogens is 1. The molecule has 1 saturated heterocycles. The average Bonchev–Trinajstić information content (AvgIpc) is 3.28. The van der Waals surface area contributed by atoms with E-state index in [2.05, 4.69) is 16.4 Å². The molecular formula is C24H28N4O2. The van der Waals surface area contributed by atoms with Crippen LogP contribution in [0.2, 0.25) is 0 Å². The van der Waals surface area contributed by atoms with Gasteiger partial charge >= 0.3 is 0 Å². The lowest BCUT2D eigenvalue weighted by molar-refractivity contribution is -0.137. The molecule has 2 heterocycles. The van der Waals surface area contributed by atoms with Crippen LogP contribution < -0.4 is 10.2 Å². The molecule has 3 aromatic rings. The first-order chi connectivity index (χ1) is 14.4. The van der Waals surface area contributed by atoms with Gasteiger partial charge in [0.2, 0.25) is 11.8 Å². The first-order valence-electron chi connectivity index (χ1n) is 10.3. The van der Waals surface area contributed by atoms with Gasteiger partial charge in [-0.05, 0) is 55.7 Å². The van der Waals surface area contributed by atoms with Crippen molar-refractivity contribution in [3.05, 3.63) is 60.3 Å². The average molecular weight is 405 g/mol. The van der Waals surface area contributed by atoms with Crippen LogP contribution in [-0.2, 0) is 16.0 Å². The lowest BCUT2D eigenvalue weighted by atomic mass is 9.97. The van der Waals surface area contributed by atoms with Gasteiger partial charge in [0, 0.05) is 55.5 Å². The summed E-state index contributed by atoms with van der Waals surface area (Å²) in [5.41, 5.74) is 3.20. The van der Waals surface area contributed by atoms with Crippen LogP contribution in [0, 0.1) is 0 Å². The maximum absolute atomic E-state index is 13.2. The summed E-state index contributed by atoms with van der Waals surface area (Å²) in [7, 11) is 3.95. The molecule has 0 aliphatic carbocycles. The van der Waals surface area contributed by atoms with Crippen molar-refractivity contribution in [2.75, 3.05) is 30.9 Å². The van der Waals surface area contributed by atoms with Crippen molar-refractivity contribution < 1.29 is 9.59 Å². The topological polar surface area (TPSA) is 68.4 Å². The van der Waals surface area contributed by atoms with E-state index in [1.807, 2.05) is 74.6 Å². The van der Waals surface area contributed by atoms with Gasteiger partial charge in [0.1, 0.15) is 5.54 Å². The van der Waals surface area contributed by atoms with Crippen molar-refractivity contribution in [3.63, 3.8) is 0 Å². The van der Waals surface area contributed by atoms with E-state index in [1.165, 1.54) is 0 Å². The summed E-state index contributed by atoms with van der Waals surface area (Å²) in [5, 5.41) is 4.17. The van der Waals surface area contributed by atoms with Crippen LogP contribution in [0.15, 0.2) is 54.7 Å². The molecule has 0 saturated carbocycles. The molecule has 0 radical (unpaired) electrons.